The van der Waals surface area contributed by atoms with Crippen LogP contribution in [0, 0.1) is 11.3 Å². The number of amides is 3. The number of aromatic nitrogens is 2. The van der Waals surface area contributed by atoms with E-state index in [-0.39, 0.29) is 23.2 Å². The second-order valence-corrected chi connectivity index (χ2v) is 12.5. The third kappa shape index (κ3) is 6.20. The van der Waals surface area contributed by atoms with Gasteiger partial charge in [0.15, 0.2) is 5.13 Å². The van der Waals surface area contributed by atoms with Crippen LogP contribution in [0.25, 0.3) is 10.9 Å². The number of fused-ring (bicyclic) bond motifs is 1. The first kappa shape index (κ1) is 28.4. The maximum Gasteiger partial charge on any atom is 0.340 e. The molecule has 2 heterocycles. The molecule has 11 heteroatoms. The molecule has 3 aromatic rings. The number of nitrogen functional groups attached to an aromatic ring is 1. The Hall–Kier alpha value is -3.57. The van der Waals surface area contributed by atoms with Crippen molar-refractivity contribution in [3.05, 3.63) is 47.1 Å². The van der Waals surface area contributed by atoms with E-state index in [0.29, 0.717) is 29.1 Å². The summed E-state index contributed by atoms with van der Waals surface area (Å²) in [4.78, 5) is 61.1. The smallest absolute Gasteiger partial charge is 0.340 e. The normalized spacial score (nSPS) is 14.3. The number of nitrogens with zero attached hydrogens (tertiary/aromatic N) is 4. The second kappa shape index (κ2) is 11.3. The number of thiazole rings is 1. The molecule has 208 valence electrons. The molecule has 2 aromatic heterocycles. The number of carbonyl (C=O) groups is 4. The fourth-order valence-electron chi connectivity index (χ4n) is 4.72. The molecule has 1 fully saturated rings. The lowest BCUT2D eigenvalue weighted by Gasteiger charge is -2.31. The van der Waals surface area contributed by atoms with E-state index >= 15 is 0 Å². The summed E-state index contributed by atoms with van der Waals surface area (Å²) in [5, 5.41) is 2.96. The van der Waals surface area contributed by atoms with Crippen LogP contribution in [0.1, 0.15) is 74.9 Å². The van der Waals surface area contributed by atoms with E-state index in [4.69, 9.17) is 5.84 Å². The molecule has 0 bridgehead atoms. The van der Waals surface area contributed by atoms with E-state index < -0.39 is 23.9 Å². The maximum absolute atomic E-state index is 14.1. The van der Waals surface area contributed by atoms with E-state index in [1.165, 1.54) is 17.4 Å². The molecule has 1 saturated carbocycles. The van der Waals surface area contributed by atoms with Crippen molar-refractivity contribution in [1.82, 2.24) is 19.9 Å². The summed E-state index contributed by atoms with van der Waals surface area (Å²) in [5.74, 6) is 4.38. The molecule has 10 nitrogen and oxygen atoms in total. The van der Waals surface area contributed by atoms with E-state index in [9.17, 15) is 19.2 Å². The third-order valence-corrected chi connectivity index (χ3v) is 7.39. The van der Waals surface area contributed by atoms with Crippen LogP contribution in [0.15, 0.2) is 35.7 Å². The van der Waals surface area contributed by atoms with Crippen molar-refractivity contribution in [3.8, 4) is 0 Å². The van der Waals surface area contributed by atoms with Crippen molar-refractivity contribution in [2.45, 2.75) is 66.0 Å². The molecule has 1 aromatic carbocycles. The number of aldehydes is 1. The summed E-state index contributed by atoms with van der Waals surface area (Å²) in [7, 11) is 0. The van der Waals surface area contributed by atoms with Gasteiger partial charge in [0.1, 0.15) is 17.7 Å². The van der Waals surface area contributed by atoms with Gasteiger partial charge in [0, 0.05) is 23.4 Å². The SMILES string of the molecule is CC(C)CN(c1nc(C(=O)N(C(=O)c2cc3ccccc3n2C(=O)NN)[C@H](C=O)CC(C)(C)C)cs1)C1CC1. The minimum atomic E-state index is -1.07. The van der Waals surface area contributed by atoms with Crippen molar-refractivity contribution < 1.29 is 19.2 Å². The summed E-state index contributed by atoms with van der Waals surface area (Å²) >= 11 is 1.35. The molecule has 0 unspecified atom stereocenters. The highest BCUT2D eigenvalue weighted by atomic mass is 32.1. The number of benzene rings is 1. The van der Waals surface area contributed by atoms with Crippen LogP contribution >= 0.6 is 11.3 Å². The third-order valence-electron chi connectivity index (χ3n) is 6.51. The summed E-state index contributed by atoms with van der Waals surface area (Å²) < 4.78 is 1.13. The van der Waals surface area contributed by atoms with Crippen LogP contribution in [0.5, 0.6) is 0 Å². The molecule has 3 amide bonds. The number of hydrogen-bond donors (Lipinski definition) is 2. The van der Waals surface area contributed by atoms with Gasteiger partial charge < -0.3 is 9.69 Å². The molecule has 4 rings (SSSR count). The zero-order valence-electron chi connectivity index (χ0n) is 23.0. The lowest BCUT2D eigenvalue weighted by atomic mass is 9.87. The van der Waals surface area contributed by atoms with Crippen LogP contribution < -0.4 is 16.2 Å². The molecule has 0 aliphatic heterocycles. The Kier molecular flexibility index (Phi) is 8.22. The van der Waals surface area contributed by atoms with Gasteiger partial charge in [-0.05, 0) is 42.7 Å². The van der Waals surface area contributed by atoms with Crippen molar-refractivity contribution in [1.29, 1.82) is 0 Å². The first-order valence-electron chi connectivity index (χ1n) is 13.1. The number of anilines is 1. The van der Waals surface area contributed by atoms with E-state index in [1.807, 2.05) is 20.8 Å². The number of imide groups is 1. The Bertz CT molecular complexity index is 1380. The van der Waals surface area contributed by atoms with Gasteiger partial charge in [-0.25, -0.2) is 15.6 Å². The molecule has 1 aliphatic carbocycles. The molecule has 0 saturated heterocycles. The average molecular weight is 553 g/mol. The molecule has 1 atom stereocenters. The summed E-state index contributed by atoms with van der Waals surface area (Å²) in [6.45, 7) is 10.9. The Morgan fingerprint density at radius 2 is 1.90 bits per heavy atom. The largest absolute Gasteiger partial charge is 0.345 e. The molecular formula is C28H36N6O4S. The second-order valence-electron chi connectivity index (χ2n) is 11.6. The lowest BCUT2D eigenvalue weighted by Crippen LogP contribution is -2.48. The number of para-hydroxylation sites is 1. The predicted molar refractivity (Wildman–Crippen MR) is 152 cm³/mol. The first-order chi connectivity index (χ1) is 18.4. The van der Waals surface area contributed by atoms with Crippen LogP contribution in [0.2, 0.25) is 0 Å². The van der Waals surface area contributed by atoms with Gasteiger partial charge in [0.05, 0.1) is 11.6 Å². The number of nitrogens with one attached hydrogen (secondary N) is 1. The molecule has 0 radical (unpaired) electrons. The van der Waals surface area contributed by atoms with Gasteiger partial charge in [0.2, 0.25) is 0 Å². The van der Waals surface area contributed by atoms with Gasteiger partial charge >= 0.3 is 6.03 Å². The fraction of sp³-hybridized carbons (Fsp3) is 0.464. The van der Waals surface area contributed by atoms with Gasteiger partial charge in [-0.3, -0.25) is 24.5 Å². The standard InChI is InChI=1S/C28H36N6O4S/c1-17(2)14-32(19-10-11-19)27-30-21(16-39-27)24(36)33(20(15-35)13-28(3,4)5)25(37)23-12-18-8-6-7-9-22(18)34(23)26(38)31-29/h6-9,12,15-17,19-20H,10-11,13-14,29H2,1-5H3,(H,31,38)/t20-/m0/s1. The van der Waals surface area contributed by atoms with Gasteiger partial charge in [-0.15, -0.1) is 11.3 Å². The van der Waals surface area contributed by atoms with Crippen molar-refractivity contribution in [2.24, 2.45) is 17.2 Å². The fourth-order valence-corrected chi connectivity index (χ4v) is 5.60. The Labute approximate surface area is 232 Å². The average Bonchev–Trinajstić information content (AvgIpc) is 3.47. The van der Waals surface area contributed by atoms with E-state index in [2.05, 4.69) is 29.2 Å². The van der Waals surface area contributed by atoms with Crippen LogP contribution in [0.3, 0.4) is 0 Å². The first-order valence-corrected chi connectivity index (χ1v) is 14.0. The topological polar surface area (TPSA) is 131 Å². The number of carbonyl (C=O) groups excluding carboxylic acids is 4. The Morgan fingerprint density at radius 1 is 1.21 bits per heavy atom. The minimum Gasteiger partial charge on any atom is -0.345 e. The van der Waals surface area contributed by atoms with E-state index in [1.54, 1.807) is 29.6 Å². The molecule has 0 spiro atoms. The predicted octanol–water partition coefficient (Wildman–Crippen LogP) is 4.44. The summed E-state index contributed by atoms with van der Waals surface area (Å²) in [6, 6.07) is 7.04. The molecule has 39 heavy (non-hydrogen) atoms. The summed E-state index contributed by atoms with van der Waals surface area (Å²) in [6.07, 6.45) is 2.99. The number of hydrazine groups is 1. The maximum atomic E-state index is 14.1. The van der Waals surface area contributed by atoms with Crippen molar-refractivity contribution in [2.75, 3.05) is 11.4 Å². The van der Waals surface area contributed by atoms with Crippen LogP contribution in [-0.2, 0) is 4.79 Å². The number of hydrogen-bond acceptors (Lipinski definition) is 8. The lowest BCUT2D eigenvalue weighted by molar-refractivity contribution is -0.112. The minimum absolute atomic E-state index is 0.0804. The Morgan fingerprint density at radius 3 is 2.49 bits per heavy atom. The monoisotopic (exact) mass is 552 g/mol. The Balaban J connectivity index is 1.79. The van der Waals surface area contributed by atoms with Gasteiger partial charge in [-0.2, -0.15) is 0 Å². The molecular weight excluding hydrogens is 516 g/mol. The number of nitrogens with two attached hydrogens (primary N) is 1. The quantitative estimate of drug-likeness (QED) is 0.132. The summed E-state index contributed by atoms with van der Waals surface area (Å²) in [5.41, 5.74) is 2.14. The highest BCUT2D eigenvalue weighted by Crippen LogP contribution is 2.35. The van der Waals surface area contributed by atoms with Crippen LogP contribution in [0.4, 0.5) is 9.93 Å². The molecule has 3 N–H and O–H groups in total. The van der Waals surface area contributed by atoms with Crippen molar-refractivity contribution >= 4 is 51.5 Å². The highest BCUT2D eigenvalue weighted by Gasteiger charge is 2.38. The highest BCUT2D eigenvalue weighted by molar-refractivity contribution is 7.14. The van der Waals surface area contributed by atoms with Gasteiger partial charge in [-0.1, -0.05) is 52.8 Å². The van der Waals surface area contributed by atoms with E-state index in [0.717, 1.165) is 34.0 Å². The zero-order valence-corrected chi connectivity index (χ0v) is 23.8. The van der Waals surface area contributed by atoms with Crippen LogP contribution in [-0.4, -0.2) is 57.2 Å². The van der Waals surface area contributed by atoms with Gasteiger partial charge in [0.25, 0.3) is 11.8 Å². The zero-order chi connectivity index (χ0) is 28.5. The number of rotatable bonds is 9. The van der Waals surface area contributed by atoms with Crippen molar-refractivity contribution in [3.63, 3.8) is 0 Å². The molecule has 1 aliphatic rings.